The Morgan fingerprint density at radius 3 is 2.31 bits per heavy atom. The Hall–Kier alpha value is -2.53. The predicted octanol–water partition coefficient (Wildman–Crippen LogP) is 3.18. The van der Waals surface area contributed by atoms with Gasteiger partial charge in [-0.1, -0.05) is 36.4 Å². The topological polar surface area (TPSA) is 48.0 Å². The second kappa shape index (κ2) is 8.23. The Morgan fingerprint density at radius 1 is 1.04 bits per heavy atom. The number of rotatable bonds is 5. The number of carbonyl (C=O) groups excluding carboxylic acids is 1. The number of nitrogens with zero attached hydrogens (tertiary/aromatic N) is 1. The van der Waals surface area contributed by atoms with E-state index < -0.39 is 0 Å². The van der Waals surface area contributed by atoms with Crippen molar-refractivity contribution in [1.29, 1.82) is 0 Å². The minimum absolute atomic E-state index is 0.0258. The Kier molecular flexibility index (Phi) is 5.78. The first-order valence-corrected chi connectivity index (χ1v) is 8.82. The van der Waals surface area contributed by atoms with Crippen LogP contribution in [0.1, 0.15) is 22.8 Å². The highest BCUT2D eigenvalue weighted by Crippen LogP contribution is 2.30. The third-order valence-corrected chi connectivity index (χ3v) is 4.56. The van der Waals surface area contributed by atoms with Gasteiger partial charge in [-0.2, -0.15) is 0 Å². The molecule has 1 aliphatic heterocycles. The Morgan fingerprint density at radius 2 is 1.69 bits per heavy atom. The van der Waals surface area contributed by atoms with E-state index in [4.69, 9.17) is 14.2 Å². The molecule has 0 N–H and O–H groups in total. The maximum absolute atomic E-state index is 13.2. The molecule has 0 bridgehead atoms. The van der Waals surface area contributed by atoms with Crippen LogP contribution in [0.25, 0.3) is 0 Å². The van der Waals surface area contributed by atoms with E-state index in [9.17, 15) is 4.79 Å². The molecule has 2 unspecified atom stereocenters. The molecule has 0 spiro atoms. The summed E-state index contributed by atoms with van der Waals surface area (Å²) in [6.45, 7) is 3.08. The van der Waals surface area contributed by atoms with Gasteiger partial charge in [-0.25, -0.2) is 0 Å². The molecule has 5 heteroatoms. The van der Waals surface area contributed by atoms with Crippen LogP contribution in [0.3, 0.4) is 0 Å². The highest BCUT2D eigenvalue weighted by molar-refractivity contribution is 5.99. The van der Waals surface area contributed by atoms with Crippen LogP contribution in [0.15, 0.2) is 48.5 Å². The predicted molar refractivity (Wildman–Crippen MR) is 99.9 cm³/mol. The fourth-order valence-corrected chi connectivity index (χ4v) is 3.42. The van der Waals surface area contributed by atoms with Crippen molar-refractivity contribution >= 4 is 5.91 Å². The van der Waals surface area contributed by atoms with E-state index in [-0.39, 0.29) is 18.1 Å². The summed E-state index contributed by atoms with van der Waals surface area (Å²) in [4.78, 5) is 15.0. The van der Waals surface area contributed by atoms with Crippen molar-refractivity contribution in [3.63, 3.8) is 0 Å². The number of hydrogen-bond acceptors (Lipinski definition) is 4. The molecule has 2 aromatic carbocycles. The zero-order valence-corrected chi connectivity index (χ0v) is 15.5. The van der Waals surface area contributed by atoms with Crippen molar-refractivity contribution in [2.45, 2.75) is 25.6 Å². The van der Waals surface area contributed by atoms with Crippen LogP contribution in [0, 0.1) is 0 Å². The van der Waals surface area contributed by atoms with Crippen LogP contribution in [0.5, 0.6) is 11.5 Å². The molecule has 1 saturated heterocycles. The molecule has 0 saturated carbocycles. The molecule has 0 radical (unpaired) electrons. The van der Waals surface area contributed by atoms with Gasteiger partial charge in [0.1, 0.15) is 17.1 Å². The van der Waals surface area contributed by atoms with Gasteiger partial charge in [-0.15, -0.1) is 0 Å². The Bertz CT molecular complexity index is 725. The highest BCUT2D eigenvalue weighted by Gasteiger charge is 2.31. The minimum atomic E-state index is -0.0903. The van der Waals surface area contributed by atoms with E-state index >= 15 is 0 Å². The fraction of sp³-hybridized carbons (Fsp3) is 0.381. The number of hydrogen-bond donors (Lipinski definition) is 0. The van der Waals surface area contributed by atoms with Crippen molar-refractivity contribution in [3.05, 3.63) is 59.7 Å². The van der Waals surface area contributed by atoms with Gasteiger partial charge >= 0.3 is 0 Å². The molecule has 138 valence electrons. The highest BCUT2D eigenvalue weighted by atomic mass is 16.5. The van der Waals surface area contributed by atoms with Crippen LogP contribution in [0.4, 0.5) is 0 Å². The lowest BCUT2D eigenvalue weighted by atomic mass is 10.0. The number of amides is 1. The molecule has 5 nitrogen and oxygen atoms in total. The molecule has 26 heavy (non-hydrogen) atoms. The summed E-state index contributed by atoms with van der Waals surface area (Å²) in [5.41, 5.74) is 1.67. The number of methoxy groups -OCH3 is 2. The first-order valence-electron chi connectivity index (χ1n) is 8.82. The second-order valence-electron chi connectivity index (χ2n) is 6.51. The second-order valence-corrected chi connectivity index (χ2v) is 6.51. The lowest BCUT2D eigenvalue weighted by molar-refractivity contribution is -0.0665. The van der Waals surface area contributed by atoms with E-state index in [0.717, 1.165) is 6.42 Å². The quantitative estimate of drug-likeness (QED) is 0.827. The molecule has 2 atom stereocenters. The van der Waals surface area contributed by atoms with Crippen LogP contribution >= 0.6 is 0 Å². The van der Waals surface area contributed by atoms with Gasteiger partial charge in [0.05, 0.1) is 26.4 Å². The lowest BCUT2D eigenvalue weighted by Gasteiger charge is -2.37. The van der Waals surface area contributed by atoms with E-state index in [1.54, 1.807) is 26.4 Å². The van der Waals surface area contributed by atoms with E-state index in [0.29, 0.717) is 30.2 Å². The maximum atomic E-state index is 13.2. The minimum Gasteiger partial charge on any atom is -0.496 e. The summed E-state index contributed by atoms with van der Waals surface area (Å²) in [6, 6.07) is 15.6. The zero-order chi connectivity index (χ0) is 18.5. The molecule has 0 aromatic heterocycles. The van der Waals surface area contributed by atoms with Crippen LogP contribution < -0.4 is 9.47 Å². The van der Waals surface area contributed by atoms with Gasteiger partial charge in [0.2, 0.25) is 0 Å². The average molecular weight is 355 g/mol. The zero-order valence-electron chi connectivity index (χ0n) is 15.5. The van der Waals surface area contributed by atoms with Gasteiger partial charge in [-0.05, 0) is 24.6 Å². The lowest BCUT2D eigenvalue weighted by Crippen LogP contribution is -2.50. The van der Waals surface area contributed by atoms with E-state index in [1.807, 2.05) is 36.1 Å². The molecule has 1 heterocycles. The van der Waals surface area contributed by atoms with Gasteiger partial charge in [0.25, 0.3) is 5.91 Å². The molecule has 0 aliphatic carbocycles. The summed E-state index contributed by atoms with van der Waals surface area (Å²) in [7, 11) is 3.12. The van der Waals surface area contributed by atoms with Gasteiger partial charge in [0.15, 0.2) is 0 Å². The number of carbonyl (C=O) groups is 1. The van der Waals surface area contributed by atoms with E-state index in [1.165, 1.54) is 5.56 Å². The third-order valence-electron chi connectivity index (χ3n) is 4.56. The number of ether oxygens (including phenoxy) is 3. The molecular formula is C21H25NO4. The summed E-state index contributed by atoms with van der Waals surface area (Å²) in [5.74, 6) is 0.953. The van der Waals surface area contributed by atoms with Crippen LogP contribution in [-0.2, 0) is 11.2 Å². The van der Waals surface area contributed by atoms with Crippen molar-refractivity contribution in [3.8, 4) is 11.5 Å². The molecular weight excluding hydrogens is 330 g/mol. The van der Waals surface area contributed by atoms with Crippen molar-refractivity contribution in [2.24, 2.45) is 0 Å². The first kappa shape index (κ1) is 18.3. The van der Waals surface area contributed by atoms with E-state index in [2.05, 4.69) is 12.1 Å². The van der Waals surface area contributed by atoms with Gasteiger partial charge in [0, 0.05) is 19.5 Å². The summed E-state index contributed by atoms with van der Waals surface area (Å²) >= 11 is 0. The standard InChI is InChI=1S/C21H25NO4/c1-15-13-22(14-17(26-15)12-16-8-5-4-6-9-16)21(23)20-18(24-2)10-7-11-19(20)25-3/h4-11,15,17H,12-14H2,1-3H3. The molecule has 3 rings (SSSR count). The first-order chi connectivity index (χ1) is 12.6. The number of morpholine rings is 1. The average Bonchev–Trinajstić information content (AvgIpc) is 2.67. The van der Waals surface area contributed by atoms with Crippen LogP contribution in [-0.4, -0.2) is 50.3 Å². The van der Waals surface area contributed by atoms with Crippen molar-refractivity contribution in [1.82, 2.24) is 4.90 Å². The largest absolute Gasteiger partial charge is 0.496 e. The SMILES string of the molecule is COc1cccc(OC)c1C(=O)N1CC(C)OC(Cc2ccccc2)C1. The van der Waals surface area contributed by atoms with Gasteiger partial charge < -0.3 is 19.1 Å². The van der Waals surface area contributed by atoms with Crippen molar-refractivity contribution in [2.75, 3.05) is 27.3 Å². The molecule has 1 amide bonds. The van der Waals surface area contributed by atoms with Crippen LogP contribution in [0.2, 0.25) is 0 Å². The molecule has 1 aliphatic rings. The monoisotopic (exact) mass is 355 g/mol. The summed E-state index contributed by atoms with van der Waals surface area (Å²) < 4.78 is 16.8. The Balaban J connectivity index is 1.81. The molecule has 1 fully saturated rings. The normalized spacial score (nSPS) is 19.9. The smallest absolute Gasteiger partial charge is 0.261 e. The third kappa shape index (κ3) is 3.99. The maximum Gasteiger partial charge on any atom is 0.261 e. The van der Waals surface area contributed by atoms with Gasteiger partial charge in [-0.3, -0.25) is 4.79 Å². The summed E-state index contributed by atoms with van der Waals surface area (Å²) in [6.07, 6.45) is 0.714. The fourth-order valence-electron chi connectivity index (χ4n) is 3.42. The van der Waals surface area contributed by atoms with Crippen molar-refractivity contribution < 1.29 is 19.0 Å². The summed E-state index contributed by atoms with van der Waals surface area (Å²) in [5, 5.41) is 0. The Labute approximate surface area is 154 Å². The number of benzene rings is 2. The molecule has 2 aromatic rings.